The summed E-state index contributed by atoms with van der Waals surface area (Å²) < 4.78 is 11.4. The first-order chi connectivity index (χ1) is 10.1. The third-order valence-electron chi connectivity index (χ3n) is 5.43. The molecule has 0 heterocycles. The number of nitrogens with two attached hydrogens (primary N) is 1. The summed E-state index contributed by atoms with van der Waals surface area (Å²) in [5.41, 5.74) is 8.88. The Morgan fingerprint density at radius 3 is 2.43 bits per heavy atom. The molecule has 0 spiro atoms. The van der Waals surface area contributed by atoms with Crippen molar-refractivity contribution in [1.29, 1.82) is 0 Å². The van der Waals surface area contributed by atoms with Crippen molar-refractivity contribution in [2.24, 2.45) is 11.7 Å². The number of fused-ring (bicyclic) bond motifs is 2. The molecule has 21 heavy (non-hydrogen) atoms. The molecule has 0 amide bonds. The Morgan fingerprint density at radius 2 is 1.95 bits per heavy atom. The minimum Gasteiger partial charge on any atom is -0.497 e. The predicted molar refractivity (Wildman–Crippen MR) is 85.2 cm³/mol. The molecule has 0 radical (unpaired) electrons. The quantitative estimate of drug-likeness (QED) is 0.903. The summed E-state index contributed by atoms with van der Waals surface area (Å²) in [6.45, 7) is 2.04. The van der Waals surface area contributed by atoms with Crippen molar-refractivity contribution in [2.45, 2.75) is 56.9 Å². The van der Waals surface area contributed by atoms with E-state index in [4.69, 9.17) is 15.2 Å². The van der Waals surface area contributed by atoms with E-state index in [2.05, 4.69) is 12.1 Å². The molecule has 2 aliphatic carbocycles. The molecule has 1 aromatic carbocycles. The monoisotopic (exact) mass is 289 g/mol. The first-order valence-electron chi connectivity index (χ1n) is 8.09. The maximum Gasteiger partial charge on any atom is 0.126 e. The maximum atomic E-state index is 6.02. The lowest BCUT2D eigenvalue weighted by Crippen LogP contribution is -2.23. The smallest absolute Gasteiger partial charge is 0.126 e. The van der Waals surface area contributed by atoms with Gasteiger partial charge in [0.05, 0.1) is 14.2 Å². The third kappa shape index (κ3) is 2.52. The fourth-order valence-electron chi connectivity index (χ4n) is 4.48. The number of benzene rings is 1. The number of hydrogen-bond acceptors (Lipinski definition) is 3. The highest BCUT2D eigenvalue weighted by molar-refractivity contribution is 5.52. The third-order valence-corrected chi connectivity index (χ3v) is 5.43. The van der Waals surface area contributed by atoms with E-state index in [1.54, 1.807) is 14.2 Å². The molecule has 2 bridgehead atoms. The highest BCUT2D eigenvalue weighted by Crippen LogP contribution is 2.58. The van der Waals surface area contributed by atoms with Crippen LogP contribution in [0.25, 0.3) is 0 Å². The molecule has 2 fully saturated rings. The van der Waals surface area contributed by atoms with Crippen LogP contribution in [0.5, 0.6) is 11.5 Å². The van der Waals surface area contributed by atoms with Gasteiger partial charge in [0.1, 0.15) is 11.5 Å². The van der Waals surface area contributed by atoms with Crippen molar-refractivity contribution < 1.29 is 9.47 Å². The molecule has 1 aromatic rings. The Hall–Kier alpha value is -1.22. The number of methoxy groups -OCH3 is 2. The minimum absolute atomic E-state index is 0.122. The van der Waals surface area contributed by atoms with Gasteiger partial charge in [-0.25, -0.2) is 0 Å². The molecule has 0 aromatic heterocycles. The lowest BCUT2D eigenvalue weighted by Gasteiger charge is -2.30. The van der Waals surface area contributed by atoms with E-state index in [1.165, 1.54) is 43.2 Å². The number of rotatable bonds is 5. The standard InChI is InChI=1S/C18H27NO2/c1-12(19)8-14-9-15(20-2)10-16(17(14)21-3)18-6-4-13(11-18)5-7-18/h9-10,12-13H,4-8,11,19H2,1-3H3. The van der Waals surface area contributed by atoms with Crippen molar-refractivity contribution in [3.8, 4) is 11.5 Å². The van der Waals surface area contributed by atoms with Crippen LogP contribution in [0.4, 0.5) is 0 Å². The molecule has 116 valence electrons. The van der Waals surface area contributed by atoms with Gasteiger partial charge in [-0.05, 0) is 74.5 Å². The van der Waals surface area contributed by atoms with E-state index in [0.29, 0.717) is 5.41 Å². The van der Waals surface area contributed by atoms with Gasteiger partial charge in [0, 0.05) is 11.6 Å². The molecule has 2 saturated carbocycles. The molecule has 3 nitrogen and oxygen atoms in total. The first kappa shape index (κ1) is 14.7. The topological polar surface area (TPSA) is 44.5 Å². The lowest BCUT2D eigenvalue weighted by atomic mass is 9.76. The van der Waals surface area contributed by atoms with Gasteiger partial charge in [-0.3, -0.25) is 0 Å². The zero-order chi connectivity index (χ0) is 15.0. The van der Waals surface area contributed by atoms with Crippen LogP contribution in [0.2, 0.25) is 0 Å². The lowest BCUT2D eigenvalue weighted by molar-refractivity contribution is 0.359. The van der Waals surface area contributed by atoms with E-state index < -0.39 is 0 Å². The van der Waals surface area contributed by atoms with E-state index in [1.807, 2.05) is 6.92 Å². The molecule has 2 aliphatic rings. The average Bonchev–Trinajstić information content (AvgIpc) is 3.07. The van der Waals surface area contributed by atoms with Gasteiger partial charge in [0.2, 0.25) is 0 Å². The van der Waals surface area contributed by atoms with Crippen LogP contribution in [0.3, 0.4) is 0 Å². The summed E-state index contributed by atoms with van der Waals surface area (Å²) >= 11 is 0. The molecule has 3 heteroatoms. The first-order valence-corrected chi connectivity index (χ1v) is 8.09. The van der Waals surface area contributed by atoms with Crippen LogP contribution in [0.15, 0.2) is 12.1 Å². The fourth-order valence-corrected chi connectivity index (χ4v) is 4.48. The molecule has 2 N–H and O–H groups in total. The zero-order valence-electron chi connectivity index (χ0n) is 13.4. The Labute approximate surface area is 127 Å². The summed E-state index contributed by atoms with van der Waals surface area (Å²) in [6.07, 6.45) is 7.45. The van der Waals surface area contributed by atoms with Gasteiger partial charge in [-0.2, -0.15) is 0 Å². The predicted octanol–water partition coefficient (Wildman–Crippen LogP) is 3.43. The van der Waals surface area contributed by atoms with Crippen molar-refractivity contribution in [2.75, 3.05) is 14.2 Å². The Bertz CT molecular complexity index is 516. The Morgan fingerprint density at radius 1 is 1.24 bits per heavy atom. The van der Waals surface area contributed by atoms with Gasteiger partial charge in [-0.15, -0.1) is 0 Å². The van der Waals surface area contributed by atoms with Crippen molar-refractivity contribution in [3.05, 3.63) is 23.3 Å². The Balaban J connectivity index is 2.09. The molecule has 3 rings (SSSR count). The minimum atomic E-state index is 0.122. The number of ether oxygens (including phenoxy) is 2. The van der Waals surface area contributed by atoms with Crippen LogP contribution >= 0.6 is 0 Å². The summed E-state index contributed by atoms with van der Waals surface area (Å²) in [5.74, 6) is 2.90. The molecule has 0 aliphatic heterocycles. The van der Waals surface area contributed by atoms with Crippen LogP contribution in [0, 0.1) is 5.92 Å². The zero-order valence-corrected chi connectivity index (χ0v) is 13.4. The van der Waals surface area contributed by atoms with Gasteiger partial charge >= 0.3 is 0 Å². The summed E-state index contributed by atoms with van der Waals surface area (Å²) in [7, 11) is 3.53. The summed E-state index contributed by atoms with van der Waals surface area (Å²) in [5, 5.41) is 0. The van der Waals surface area contributed by atoms with E-state index in [0.717, 1.165) is 23.8 Å². The fraction of sp³-hybridized carbons (Fsp3) is 0.667. The summed E-state index contributed by atoms with van der Waals surface area (Å²) in [6, 6.07) is 4.41. The van der Waals surface area contributed by atoms with Gasteiger partial charge in [0.15, 0.2) is 0 Å². The summed E-state index contributed by atoms with van der Waals surface area (Å²) in [4.78, 5) is 0. The highest BCUT2D eigenvalue weighted by Gasteiger charge is 2.47. The van der Waals surface area contributed by atoms with Crippen LogP contribution < -0.4 is 15.2 Å². The molecule has 0 saturated heterocycles. The molecule has 1 unspecified atom stereocenters. The van der Waals surface area contributed by atoms with Crippen molar-refractivity contribution in [1.82, 2.24) is 0 Å². The number of hydrogen-bond donors (Lipinski definition) is 1. The highest BCUT2D eigenvalue weighted by atomic mass is 16.5. The van der Waals surface area contributed by atoms with E-state index >= 15 is 0 Å². The normalized spacial score (nSPS) is 28.7. The van der Waals surface area contributed by atoms with Crippen molar-refractivity contribution >= 4 is 0 Å². The second kappa shape index (κ2) is 5.53. The van der Waals surface area contributed by atoms with Crippen LogP contribution in [-0.2, 0) is 11.8 Å². The second-order valence-electron chi connectivity index (χ2n) is 6.98. The largest absolute Gasteiger partial charge is 0.497 e. The van der Waals surface area contributed by atoms with Crippen molar-refractivity contribution in [3.63, 3.8) is 0 Å². The van der Waals surface area contributed by atoms with E-state index in [9.17, 15) is 0 Å². The molecular weight excluding hydrogens is 262 g/mol. The SMILES string of the molecule is COc1cc(CC(C)N)c(OC)c(C23CCC(CC2)C3)c1. The van der Waals surface area contributed by atoms with E-state index in [-0.39, 0.29) is 6.04 Å². The van der Waals surface area contributed by atoms with Crippen LogP contribution in [-0.4, -0.2) is 20.3 Å². The maximum absolute atomic E-state index is 6.02. The molecule has 1 atom stereocenters. The van der Waals surface area contributed by atoms with Gasteiger partial charge in [-0.1, -0.05) is 0 Å². The van der Waals surface area contributed by atoms with Gasteiger partial charge < -0.3 is 15.2 Å². The second-order valence-corrected chi connectivity index (χ2v) is 6.98. The Kier molecular flexibility index (Phi) is 3.87. The van der Waals surface area contributed by atoms with Crippen LogP contribution in [0.1, 0.15) is 50.2 Å². The molecular formula is C18H27NO2. The van der Waals surface area contributed by atoms with Gasteiger partial charge in [0.25, 0.3) is 0 Å². The average molecular weight is 289 g/mol.